The van der Waals surface area contributed by atoms with E-state index in [9.17, 15) is 4.79 Å². The van der Waals surface area contributed by atoms with Gasteiger partial charge in [0.1, 0.15) is 16.5 Å². The number of aromatic nitrogens is 2. The van der Waals surface area contributed by atoms with Crippen molar-refractivity contribution in [2.45, 2.75) is 6.61 Å². The van der Waals surface area contributed by atoms with E-state index in [0.29, 0.717) is 22.1 Å². The van der Waals surface area contributed by atoms with E-state index in [0.717, 1.165) is 16.3 Å². The first kappa shape index (κ1) is 19.2. The second kappa shape index (κ2) is 8.50. The third kappa shape index (κ3) is 4.03. The normalized spacial score (nSPS) is 10.7. The van der Waals surface area contributed by atoms with Crippen molar-refractivity contribution in [1.82, 2.24) is 9.55 Å². The van der Waals surface area contributed by atoms with Crippen LogP contribution < -0.4 is 9.47 Å². The molecule has 0 atom stereocenters. The van der Waals surface area contributed by atoms with Crippen LogP contribution in [0.2, 0.25) is 0 Å². The molecule has 148 valence electrons. The number of thiophene rings is 1. The molecule has 0 spiro atoms. The summed E-state index contributed by atoms with van der Waals surface area (Å²) in [6.07, 6.45) is 3.79. The minimum atomic E-state index is -0.357. The van der Waals surface area contributed by atoms with Gasteiger partial charge in [0, 0.05) is 23.3 Å². The van der Waals surface area contributed by atoms with Gasteiger partial charge in [-0.15, -0.1) is 22.7 Å². The maximum Gasteiger partial charge on any atom is 0.350 e. The van der Waals surface area contributed by atoms with Crippen molar-refractivity contribution in [3.05, 3.63) is 70.1 Å². The van der Waals surface area contributed by atoms with Crippen LogP contribution in [0.4, 0.5) is 0 Å². The molecule has 0 saturated carbocycles. The second-order valence-corrected chi connectivity index (χ2v) is 7.79. The molecule has 0 aliphatic heterocycles. The number of esters is 1. The fourth-order valence-electron chi connectivity index (χ4n) is 2.83. The van der Waals surface area contributed by atoms with E-state index in [2.05, 4.69) is 4.98 Å². The van der Waals surface area contributed by atoms with Gasteiger partial charge in [-0.3, -0.25) is 0 Å². The van der Waals surface area contributed by atoms with E-state index in [-0.39, 0.29) is 12.6 Å². The summed E-state index contributed by atoms with van der Waals surface area (Å²) in [5.41, 5.74) is 2.43. The molecule has 6 nitrogen and oxygen atoms in total. The highest BCUT2D eigenvalue weighted by Gasteiger charge is 2.17. The number of rotatable bonds is 7. The zero-order valence-electron chi connectivity index (χ0n) is 15.8. The molecule has 0 N–H and O–H groups in total. The molecule has 0 bridgehead atoms. The van der Waals surface area contributed by atoms with Crippen LogP contribution in [0, 0.1) is 0 Å². The summed E-state index contributed by atoms with van der Waals surface area (Å²) >= 11 is 2.85. The number of benzene rings is 1. The molecule has 0 unspecified atom stereocenters. The summed E-state index contributed by atoms with van der Waals surface area (Å²) in [7, 11) is 3.20. The number of thiazole rings is 1. The minimum Gasteiger partial charge on any atom is -0.493 e. The van der Waals surface area contributed by atoms with Crippen LogP contribution in [0.25, 0.3) is 16.3 Å². The van der Waals surface area contributed by atoms with E-state index in [1.807, 2.05) is 64.1 Å². The van der Waals surface area contributed by atoms with Crippen LogP contribution in [-0.2, 0) is 11.3 Å². The van der Waals surface area contributed by atoms with Crippen LogP contribution in [0.15, 0.2) is 59.6 Å². The van der Waals surface area contributed by atoms with Crippen LogP contribution in [0.1, 0.15) is 15.4 Å². The maximum atomic E-state index is 12.5. The zero-order chi connectivity index (χ0) is 20.2. The molecule has 0 aliphatic carbocycles. The molecule has 0 saturated heterocycles. The summed E-state index contributed by atoms with van der Waals surface area (Å²) in [5.74, 6) is 0.948. The topological polar surface area (TPSA) is 62.6 Å². The number of carbonyl (C=O) groups excluding carboxylic acids is 1. The molecule has 3 aromatic heterocycles. The first-order valence-corrected chi connectivity index (χ1v) is 10.5. The van der Waals surface area contributed by atoms with Gasteiger partial charge < -0.3 is 18.8 Å². The lowest BCUT2D eigenvalue weighted by molar-refractivity contribution is 0.0474. The summed E-state index contributed by atoms with van der Waals surface area (Å²) in [5, 5.41) is 4.59. The van der Waals surface area contributed by atoms with Crippen molar-refractivity contribution in [2.24, 2.45) is 0 Å². The Morgan fingerprint density at radius 3 is 2.62 bits per heavy atom. The first-order chi connectivity index (χ1) is 14.2. The zero-order valence-corrected chi connectivity index (χ0v) is 17.5. The highest BCUT2D eigenvalue weighted by atomic mass is 32.1. The smallest absolute Gasteiger partial charge is 0.350 e. The van der Waals surface area contributed by atoms with Crippen molar-refractivity contribution < 1.29 is 19.0 Å². The second-order valence-electron chi connectivity index (χ2n) is 6.02. The number of hydrogen-bond acceptors (Lipinski definition) is 7. The Labute approximate surface area is 175 Å². The summed E-state index contributed by atoms with van der Waals surface area (Å²) in [4.78, 5) is 17.7. The van der Waals surface area contributed by atoms with Crippen molar-refractivity contribution in [1.29, 1.82) is 0 Å². The molecule has 0 aliphatic rings. The molecule has 4 aromatic rings. The lowest BCUT2D eigenvalue weighted by atomic mass is 10.2. The maximum absolute atomic E-state index is 12.5. The molecule has 4 rings (SSSR count). The average Bonchev–Trinajstić information content (AvgIpc) is 3.52. The van der Waals surface area contributed by atoms with Crippen molar-refractivity contribution >= 4 is 28.6 Å². The van der Waals surface area contributed by atoms with Gasteiger partial charge in [-0.1, -0.05) is 0 Å². The Bertz CT molecular complexity index is 1120. The highest BCUT2D eigenvalue weighted by Crippen LogP contribution is 2.33. The van der Waals surface area contributed by atoms with Crippen molar-refractivity contribution in [2.75, 3.05) is 14.2 Å². The number of methoxy groups -OCH3 is 2. The third-order valence-corrected chi connectivity index (χ3v) is 6.07. The SMILES string of the molecule is COc1ccc(-c2nc(COC(=O)c3sccc3-n3cccc3)cs2)cc1OC. The van der Waals surface area contributed by atoms with Gasteiger partial charge in [0.05, 0.1) is 25.6 Å². The summed E-state index contributed by atoms with van der Waals surface area (Å²) < 4.78 is 18.0. The number of ether oxygens (including phenoxy) is 3. The van der Waals surface area contributed by atoms with E-state index < -0.39 is 0 Å². The highest BCUT2D eigenvalue weighted by molar-refractivity contribution is 7.13. The van der Waals surface area contributed by atoms with Gasteiger partial charge in [0.2, 0.25) is 0 Å². The fourth-order valence-corrected chi connectivity index (χ4v) is 4.42. The number of nitrogens with zero attached hydrogens (tertiary/aromatic N) is 2. The largest absolute Gasteiger partial charge is 0.493 e. The monoisotopic (exact) mass is 426 g/mol. The molecule has 8 heteroatoms. The Kier molecular flexibility index (Phi) is 5.64. The van der Waals surface area contributed by atoms with Gasteiger partial charge in [-0.05, 0) is 41.8 Å². The van der Waals surface area contributed by atoms with Crippen LogP contribution in [0.3, 0.4) is 0 Å². The minimum absolute atomic E-state index is 0.117. The van der Waals surface area contributed by atoms with Crippen LogP contribution >= 0.6 is 22.7 Å². The van der Waals surface area contributed by atoms with E-state index in [1.54, 1.807) is 14.2 Å². The summed E-state index contributed by atoms with van der Waals surface area (Å²) in [6.45, 7) is 0.117. The summed E-state index contributed by atoms with van der Waals surface area (Å²) in [6, 6.07) is 11.4. The van der Waals surface area contributed by atoms with Crippen molar-refractivity contribution in [3.63, 3.8) is 0 Å². The van der Waals surface area contributed by atoms with E-state index in [1.165, 1.54) is 22.7 Å². The third-order valence-electron chi connectivity index (χ3n) is 4.25. The first-order valence-electron chi connectivity index (χ1n) is 8.74. The standard InChI is InChI=1S/C21H18N2O4S2/c1-25-17-6-5-14(11-18(17)26-2)20-22-15(13-29-20)12-27-21(24)19-16(7-10-28-19)23-8-3-4-9-23/h3-11,13H,12H2,1-2H3. The Morgan fingerprint density at radius 1 is 1.07 bits per heavy atom. The average molecular weight is 427 g/mol. The number of carbonyl (C=O) groups is 1. The molecule has 1 aromatic carbocycles. The molecular formula is C21H18N2O4S2. The lowest BCUT2D eigenvalue weighted by Gasteiger charge is -2.08. The van der Waals surface area contributed by atoms with Crippen LogP contribution in [-0.4, -0.2) is 29.7 Å². The van der Waals surface area contributed by atoms with Crippen LogP contribution in [0.5, 0.6) is 11.5 Å². The number of hydrogen-bond donors (Lipinski definition) is 0. The van der Waals surface area contributed by atoms with Crippen molar-refractivity contribution in [3.8, 4) is 27.8 Å². The van der Waals surface area contributed by atoms with E-state index >= 15 is 0 Å². The Balaban J connectivity index is 1.45. The van der Waals surface area contributed by atoms with Gasteiger partial charge >= 0.3 is 5.97 Å². The van der Waals surface area contributed by atoms with Gasteiger partial charge in [0.25, 0.3) is 0 Å². The van der Waals surface area contributed by atoms with Gasteiger partial charge in [-0.2, -0.15) is 0 Å². The van der Waals surface area contributed by atoms with E-state index in [4.69, 9.17) is 14.2 Å². The molecule has 3 heterocycles. The molecule has 0 amide bonds. The fraction of sp³-hybridized carbons (Fsp3) is 0.143. The molecule has 0 radical (unpaired) electrons. The molecule has 0 fully saturated rings. The molecule has 29 heavy (non-hydrogen) atoms. The predicted octanol–water partition coefficient (Wildman–Crippen LogP) is 5.04. The molecular weight excluding hydrogens is 408 g/mol. The lowest BCUT2D eigenvalue weighted by Crippen LogP contribution is -2.06. The quantitative estimate of drug-likeness (QED) is 0.388. The Morgan fingerprint density at radius 2 is 1.86 bits per heavy atom. The predicted molar refractivity (Wildman–Crippen MR) is 113 cm³/mol. The Hall–Kier alpha value is -3.10. The van der Waals surface area contributed by atoms with Gasteiger partial charge in [0.15, 0.2) is 11.5 Å². The van der Waals surface area contributed by atoms with Gasteiger partial charge in [-0.25, -0.2) is 9.78 Å².